The van der Waals surface area contributed by atoms with Crippen molar-refractivity contribution in [2.75, 3.05) is 13.2 Å². The number of esters is 2. The molecule has 10 heteroatoms. The van der Waals surface area contributed by atoms with Gasteiger partial charge in [-0.25, -0.2) is 22.8 Å². The first-order chi connectivity index (χ1) is 13.6. The van der Waals surface area contributed by atoms with Crippen LogP contribution in [-0.2, 0) is 9.53 Å². The van der Waals surface area contributed by atoms with E-state index in [1.54, 1.807) is 0 Å². The summed E-state index contributed by atoms with van der Waals surface area (Å²) in [4.78, 5) is 23.1. The molecule has 29 heavy (non-hydrogen) atoms. The lowest BCUT2D eigenvalue weighted by molar-refractivity contribution is -0.139. The summed E-state index contributed by atoms with van der Waals surface area (Å²) in [7, 11) is 0. The molecule has 154 valence electrons. The van der Waals surface area contributed by atoms with Crippen LogP contribution in [0.15, 0.2) is 36.4 Å². The number of carbonyl (C=O) groups is 2. The molecule has 0 amide bonds. The highest BCUT2D eigenvalue weighted by Gasteiger charge is 2.28. The van der Waals surface area contributed by atoms with Gasteiger partial charge in [-0.3, -0.25) is 0 Å². The maximum absolute atomic E-state index is 13.6. The van der Waals surface area contributed by atoms with Crippen molar-refractivity contribution in [1.29, 1.82) is 0 Å². The Kier molecular flexibility index (Phi) is 6.92. The lowest BCUT2D eigenvalue weighted by Crippen LogP contribution is -2.14. The van der Waals surface area contributed by atoms with Crippen LogP contribution in [0.25, 0.3) is 0 Å². The predicted molar refractivity (Wildman–Crippen MR) is 88.9 cm³/mol. The number of hydrogen-bond donors (Lipinski definition) is 0. The van der Waals surface area contributed by atoms with E-state index in [0.717, 1.165) is 12.1 Å². The van der Waals surface area contributed by atoms with E-state index in [0.29, 0.717) is 0 Å². The minimum Gasteiger partial charge on any atom is -0.490 e. The van der Waals surface area contributed by atoms with Crippen molar-refractivity contribution < 1.29 is 45.8 Å². The Bertz CT molecular complexity index is 927. The number of ether oxygens (including phenoxy) is 3. The molecule has 0 bridgehead atoms. The number of halogens is 5. The van der Waals surface area contributed by atoms with Crippen LogP contribution >= 0.6 is 0 Å². The standard InChI is InChI=1S/C19H13F5O5/c1-9(2)18(25)28-8-7-27-11-5-3-10(4-6-11)19(26)29-17-15(23)13(21)12(20)14(22)16(17)24/h3-6H,1,7-8H2,2H3. The van der Waals surface area contributed by atoms with Crippen LogP contribution in [0.3, 0.4) is 0 Å². The van der Waals surface area contributed by atoms with Crippen LogP contribution < -0.4 is 9.47 Å². The molecule has 0 saturated heterocycles. The minimum atomic E-state index is -2.37. The molecule has 2 aromatic carbocycles. The molecular formula is C19H13F5O5. The molecule has 0 aliphatic heterocycles. The molecule has 2 aromatic rings. The van der Waals surface area contributed by atoms with Crippen molar-refractivity contribution in [3.05, 3.63) is 71.1 Å². The first-order valence-electron chi connectivity index (χ1n) is 7.92. The van der Waals surface area contributed by atoms with Crippen molar-refractivity contribution in [1.82, 2.24) is 0 Å². The Morgan fingerprint density at radius 3 is 1.90 bits per heavy atom. The molecule has 0 aliphatic rings. The van der Waals surface area contributed by atoms with E-state index in [2.05, 4.69) is 11.3 Å². The van der Waals surface area contributed by atoms with Gasteiger partial charge in [-0.1, -0.05) is 6.58 Å². The van der Waals surface area contributed by atoms with Gasteiger partial charge in [-0.05, 0) is 31.2 Å². The minimum absolute atomic E-state index is 0.00658. The van der Waals surface area contributed by atoms with Crippen LogP contribution in [0.1, 0.15) is 17.3 Å². The monoisotopic (exact) mass is 416 g/mol. The van der Waals surface area contributed by atoms with Gasteiger partial charge < -0.3 is 14.2 Å². The largest absolute Gasteiger partial charge is 0.490 e. The molecule has 0 aliphatic carbocycles. The summed E-state index contributed by atoms with van der Waals surface area (Å²) >= 11 is 0. The lowest BCUT2D eigenvalue weighted by atomic mass is 10.2. The highest BCUT2D eigenvalue weighted by molar-refractivity contribution is 5.91. The molecule has 2 rings (SSSR count). The van der Waals surface area contributed by atoms with Crippen LogP contribution in [0.4, 0.5) is 22.0 Å². The van der Waals surface area contributed by atoms with Gasteiger partial charge in [0, 0.05) is 5.57 Å². The number of hydrogen-bond acceptors (Lipinski definition) is 5. The molecule has 5 nitrogen and oxygen atoms in total. The van der Waals surface area contributed by atoms with Gasteiger partial charge in [0.15, 0.2) is 0 Å². The molecule has 0 fully saturated rings. The fourth-order valence-corrected chi connectivity index (χ4v) is 1.93. The third kappa shape index (κ3) is 5.09. The highest BCUT2D eigenvalue weighted by Crippen LogP contribution is 2.29. The van der Waals surface area contributed by atoms with Crippen LogP contribution in [0.2, 0.25) is 0 Å². The maximum atomic E-state index is 13.6. The molecule has 0 N–H and O–H groups in total. The summed E-state index contributed by atoms with van der Waals surface area (Å²) in [6, 6.07) is 4.86. The fourth-order valence-electron chi connectivity index (χ4n) is 1.93. The van der Waals surface area contributed by atoms with Gasteiger partial charge >= 0.3 is 11.9 Å². The Morgan fingerprint density at radius 2 is 1.38 bits per heavy atom. The van der Waals surface area contributed by atoms with E-state index in [4.69, 9.17) is 9.47 Å². The van der Waals surface area contributed by atoms with Crippen molar-refractivity contribution in [3.8, 4) is 11.5 Å². The zero-order chi connectivity index (χ0) is 21.7. The molecule has 0 unspecified atom stereocenters. The Balaban J connectivity index is 2.01. The molecule has 0 radical (unpaired) electrons. The summed E-state index contributed by atoms with van der Waals surface area (Å²) in [5.41, 5.74) is -0.0170. The van der Waals surface area contributed by atoms with E-state index in [-0.39, 0.29) is 30.1 Å². The normalized spacial score (nSPS) is 10.4. The van der Waals surface area contributed by atoms with Gasteiger partial charge in [0.25, 0.3) is 0 Å². The summed E-state index contributed by atoms with van der Waals surface area (Å²) in [6.45, 7) is 4.82. The van der Waals surface area contributed by atoms with Crippen molar-refractivity contribution in [2.24, 2.45) is 0 Å². The number of benzene rings is 2. The maximum Gasteiger partial charge on any atom is 0.343 e. The van der Waals surface area contributed by atoms with Crippen LogP contribution in [0.5, 0.6) is 11.5 Å². The molecule has 0 heterocycles. The zero-order valence-electron chi connectivity index (χ0n) is 14.9. The fraction of sp³-hybridized carbons (Fsp3) is 0.158. The predicted octanol–water partition coefficient (Wildman–Crippen LogP) is 4.10. The first-order valence-corrected chi connectivity index (χ1v) is 7.92. The first kappa shape index (κ1) is 21.9. The van der Waals surface area contributed by atoms with Crippen LogP contribution in [0, 0.1) is 29.1 Å². The Hall–Kier alpha value is -3.43. The second-order valence-electron chi connectivity index (χ2n) is 5.58. The lowest BCUT2D eigenvalue weighted by Gasteiger charge is -2.10. The number of rotatable bonds is 7. The van der Waals surface area contributed by atoms with Crippen LogP contribution in [-0.4, -0.2) is 25.2 Å². The second kappa shape index (κ2) is 9.18. The molecule has 0 spiro atoms. The average molecular weight is 416 g/mol. The van der Waals surface area contributed by atoms with E-state index in [9.17, 15) is 31.5 Å². The van der Waals surface area contributed by atoms with Crippen molar-refractivity contribution in [2.45, 2.75) is 6.92 Å². The highest BCUT2D eigenvalue weighted by atomic mass is 19.2. The quantitative estimate of drug-likeness (QED) is 0.129. The third-order valence-corrected chi connectivity index (χ3v) is 3.39. The molecule has 0 aromatic heterocycles. The Morgan fingerprint density at radius 1 is 0.862 bits per heavy atom. The summed E-state index contributed by atoms with van der Waals surface area (Å²) in [6.07, 6.45) is 0. The van der Waals surface area contributed by atoms with E-state index in [1.165, 1.54) is 19.1 Å². The smallest absolute Gasteiger partial charge is 0.343 e. The molecular weight excluding hydrogens is 403 g/mol. The topological polar surface area (TPSA) is 61.8 Å². The Labute approximate surface area is 161 Å². The summed E-state index contributed by atoms with van der Waals surface area (Å²) < 4.78 is 80.8. The van der Waals surface area contributed by atoms with Gasteiger partial charge in [-0.15, -0.1) is 0 Å². The van der Waals surface area contributed by atoms with E-state index >= 15 is 0 Å². The summed E-state index contributed by atoms with van der Waals surface area (Å²) in [5, 5.41) is 0. The zero-order valence-corrected chi connectivity index (χ0v) is 14.9. The summed E-state index contributed by atoms with van der Waals surface area (Å²) in [5.74, 6) is -14.7. The van der Waals surface area contributed by atoms with Crippen molar-refractivity contribution >= 4 is 11.9 Å². The van der Waals surface area contributed by atoms with Gasteiger partial charge in [0.1, 0.15) is 19.0 Å². The van der Waals surface area contributed by atoms with Gasteiger partial charge in [-0.2, -0.15) is 8.78 Å². The van der Waals surface area contributed by atoms with Gasteiger partial charge in [0.2, 0.25) is 34.8 Å². The second-order valence-corrected chi connectivity index (χ2v) is 5.58. The third-order valence-electron chi connectivity index (χ3n) is 3.39. The molecule has 0 atom stereocenters. The average Bonchev–Trinajstić information content (AvgIpc) is 2.71. The van der Waals surface area contributed by atoms with E-state index < -0.39 is 46.8 Å². The van der Waals surface area contributed by atoms with Crippen molar-refractivity contribution in [3.63, 3.8) is 0 Å². The molecule has 0 saturated carbocycles. The van der Waals surface area contributed by atoms with E-state index in [1.807, 2.05) is 0 Å². The van der Waals surface area contributed by atoms with Gasteiger partial charge in [0.05, 0.1) is 5.56 Å². The SMILES string of the molecule is C=C(C)C(=O)OCCOc1ccc(C(=O)Oc2c(F)c(F)c(F)c(F)c2F)cc1. The number of carbonyl (C=O) groups excluding carboxylic acids is 2.